The van der Waals surface area contributed by atoms with Crippen molar-refractivity contribution in [2.24, 2.45) is 0 Å². The second kappa shape index (κ2) is 7.67. The first-order valence-electron chi connectivity index (χ1n) is 9.20. The lowest BCUT2D eigenvalue weighted by molar-refractivity contribution is 0.0750. The van der Waals surface area contributed by atoms with Crippen molar-refractivity contribution < 1.29 is 4.79 Å². The SMILES string of the molecule is Cc1nc(CN2CCCC2)sc1C(=O)N1CCN(c2ncccn2)CC1. The van der Waals surface area contributed by atoms with E-state index in [1.807, 2.05) is 17.9 Å². The molecule has 0 atom stereocenters. The fourth-order valence-electron chi connectivity index (χ4n) is 3.56. The molecular weight excluding hydrogens is 348 g/mol. The van der Waals surface area contributed by atoms with E-state index in [4.69, 9.17) is 0 Å². The Morgan fingerprint density at radius 2 is 1.77 bits per heavy atom. The van der Waals surface area contributed by atoms with Gasteiger partial charge in [-0.05, 0) is 38.9 Å². The number of aryl methyl sites for hydroxylation is 1. The van der Waals surface area contributed by atoms with Gasteiger partial charge >= 0.3 is 0 Å². The third kappa shape index (κ3) is 3.71. The molecule has 26 heavy (non-hydrogen) atoms. The van der Waals surface area contributed by atoms with Gasteiger partial charge in [0, 0.05) is 38.6 Å². The third-order valence-corrected chi connectivity index (χ3v) is 6.12. The van der Waals surface area contributed by atoms with Crippen molar-refractivity contribution in [3.63, 3.8) is 0 Å². The first-order chi connectivity index (χ1) is 12.7. The standard InChI is InChI=1S/C18H24N6OS/c1-14-16(26-15(21-14)13-22-7-2-3-8-22)17(25)23-9-11-24(12-10-23)18-19-5-4-6-20-18/h4-6H,2-3,7-13H2,1H3. The minimum atomic E-state index is 0.112. The lowest BCUT2D eigenvalue weighted by Crippen LogP contribution is -2.49. The molecule has 2 fully saturated rings. The summed E-state index contributed by atoms with van der Waals surface area (Å²) >= 11 is 1.56. The van der Waals surface area contributed by atoms with Crippen molar-refractivity contribution in [1.29, 1.82) is 0 Å². The van der Waals surface area contributed by atoms with Gasteiger partial charge in [0.15, 0.2) is 0 Å². The maximum atomic E-state index is 12.9. The second-order valence-corrected chi connectivity index (χ2v) is 7.92. The molecule has 138 valence electrons. The van der Waals surface area contributed by atoms with Crippen LogP contribution in [0.2, 0.25) is 0 Å². The topological polar surface area (TPSA) is 65.5 Å². The molecule has 4 heterocycles. The van der Waals surface area contributed by atoms with Crippen molar-refractivity contribution >= 4 is 23.2 Å². The molecule has 2 aliphatic rings. The number of hydrogen-bond donors (Lipinski definition) is 0. The molecule has 0 aromatic carbocycles. The van der Waals surface area contributed by atoms with Crippen molar-refractivity contribution in [2.45, 2.75) is 26.3 Å². The van der Waals surface area contributed by atoms with E-state index in [9.17, 15) is 4.79 Å². The van der Waals surface area contributed by atoms with Crippen LogP contribution in [0.3, 0.4) is 0 Å². The van der Waals surface area contributed by atoms with E-state index in [2.05, 4.69) is 24.8 Å². The van der Waals surface area contributed by atoms with Gasteiger partial charge in [-0.3, -0.25) is 9.69 Å². The van der Waals surface area contributed by atoms with Gasteiger partial charge in [-0.1, -0.05) is 0 Å². The zero-order chi connectivity index (χ0) is 17.9. The number of hydrogen-bond acceptors (Lipinski definition) is 7. The Balaban J connectivity index is 1.38. The second-order valence-electron chi connectivity index (χ2n) is 6.83. The number of aromatic nitrogens is 3. The molecule has 0 unspecified atom stereocenters. The Hall–Kier alpha value is -2.06. The molecule has 0 bridgehead atoms. The molecule has 2 aromatic rings. The molecule has 4 rings (SSSR count). The third-order valence-electron chi connectivity index (χ3n) is 4.99. The van der Waals surface area contributed by atoms with Crippen LogP contribution in [0.4, 0.5) is 5.95 Å². The van der Waals surface area contributed by atoms with Crippen molar-refractivity contribution in [3.8, 4) is 0 Å². The Morgan fingerprint density at radius 1 is 1.08 bits per heavy atom. The van der Waals surface area contributed by atoms with Crippen LogP contribution < -0.4 is 4.90 Å². The van der Waals surface area contributed by atoms with Crippen molar-refractivity contribution in [2.75, 3.05) is 44.2 Å². The number of carbonyl (C=O) groups is 1. The lowest BCUT2D eigenvalue weighted by Gasteiger charge is -2.34. The Morgan fingerprint density at radius 3 is 2.46 bits per heavy atom. The first kappa shape index (κ1) is 17.4. The number of amides is 1. The van der Waals surface area contributed by atoms with Gasteiger partial charge in [0.1, 0.15) is 9.88 Å². The maximum Gasteiger partial charge on any atom is 0.265 e. The van der Waals surface area contributed by atoms with Crippen LogP contribution >= 0.6 is 11.3 Å². The number of thiazole rings is 1. The highest BCUT2D eigenvalue weighted by Gasteiger charge is 2.26. The predicted molar refractivity (Wildman–Crippen MR) is 102 cm³/mol. The van der Waals surface area contributed by atoms with Gasteiger partial charge in [-0.25, -0.2) is 15.0 Å². The van der Waals surface area contributed by atoms with Gasteiger partial charge in [0.25, 0.3) is 5.91 Å². The summed E-state index contributed by atoms with van der Waals surface area (Å²) in [7, 11) is 0. The average Bonchev–Trinajstić information content (AvgIpc) is 3.32. The minimum absolute atomic E-state index is 0.112. The van der Waals surface area contributed by atoms with E-state index in [1.54, 1.807) is 23.7 Å². The summed E-state index contributed by atoms with van der Waals surface area (Å²) in [6, 6.07) is 1.82. The van der Waals surface area contributed by atoms with Crippen LogP contribution in [0.25, 0.3) is 0 Å². The van der Waals surface area contributed by atoms with Crippen LogP contribution in [0.5, 0.6) is 0 Å². The van der Waals surface area contributed by atoms with E-state index >= 15 is 0 Å². The molecule has 8 heteroatoms. The normalized spacial score (nSPS) is 18.5. The van der Waals surface area contributed by atoms with Crippen LogP contribution in [-0.4, -0.2) is 69.9 Å². The molecular formula is C18H24N6OS. The number of likely N-dealkylation sites (tertiary alicyclic amines) is 1. The van der Waals surface area contributed by atoms with Crippen LogP contribution in [0, 0.1) is 6.92 Å². The monoisotopic (exact) mass is 372 g/mol. The Bertz CT molecular complexity index is 750. The predicted octanol–water partition coefficient (Wildman–Crippen LogP) is 1.80. The van der Waals surface area contributed by atoms with Crippen LogP contribution in [-0.2, 0) is 6.54 Å². The molecule has 7 nitrogen and oxygen atoms in total. The molecule has 0 spiro atoms. The highest BCUT2D eigenvalue weighted by Crippen LogP contribution is 2.23. The summed E-state index contributed by atoms with van der Waals surface area (Å²) in [6.07, 6.45) is 6.04. The van der Waals surface area contributed by atoms with E-state index in [0.29, 0.717) is 13.1 Å². The van der Waals surface area contributed by atoms with Crippen molar-refractivity contribution in [1.82, 2.24) is 24.8 Å². The van der Waals surface area contributed by atoms with Crippen LogP contribution in [0.1, 0.15) is 33.2 Å². The molecule has 1 amide bonds. The fraction of sp³-hybridized carbons (Fsp3) is 0.556. The highest BCUT2D eigenvalue weighted by molar-refractivity contribution is 7.13. The van der Waals surface area contributed by atoms with E-state index in [0.717, 1.165) is 54.3 Å². The molecule has 0 radical (unpaired) electrons. The zero-order valence-corrected chi connectivity index (χ0v) is 15.9. The maximum absolute atomic E-state index is 12.9. The van der Waals surface area contributed by atoms with E-state index in [1.165, 1.54) is 12.8 Å². The number of carbonyl (C=O) groups excluding carboxylic acids is 1. The van der Waals surface area contributed by atoms with Crippen LogP contribution in [0.15, 0.2) is 18.5 Å². The molecule has 0 N–H and O–H groups in total. The fourth-order valence-corrected chi connectivity index (χ4v) is 4.63. The molecule has 0 saturated carbocycles. The largest absolute Gasteiger partial charge is 0.337 e. The summed E-state index contributed by atoms with van der Waals surface area (Å²) in [6.45, 7) is 8.01. The van der Waals surface area contributed by atoms with Gasteiger partial charge in [-0.15, -0.1) is 11.3 Å². The van der Waals surface area contributed by atoms with Gasteiger partial charge < -0.3 is 9.80 Å². The highest BCUT2D eigenvalue weighted by atomic mass is 32.1. The Kier molecular flexibility index (Phi) is 5.12. The zero-order valence-electron chi connectivity index (χ0n) is 15.1. The number of nitrogens with zero attached hydrogens (tertiary/aromatic N) is 6. The lowest BCUT2D eigenvalue weighted by atomic mass is 10.3. The molecule has 2 saturated heterocycles. The number of piperazine rings is 1. The summed E-state index contributed by atoms with van der Waals surface area (Å²) in [4.78, 5) is 33.5. The van der Waals surface area contributed by atoms with E-state index < -0.39 is 0 Å². The molecule has 2 aliphatic heterocycles. The Labute approximate surface area is 157 Å². The summed E-state index contributed by atoms with van der Waals surface area (Å²) in [5.41, 5.74) is 0.864. The smallest absolute Gasteiger partial charge is 0.265 e. The average molecular weight is 372 g/mol. The van der Waals surface area contributed by atoms with E-state index in [-0.39, 0.29) is 5.91 Å². The first-order valence-corrected chi connectivity index (χ1v) is 10.0. The number of anilines is 1. The molecule has 2 aromatic heterocycles. The van der Waals surface area contributed by atoms with Crippen molar-refractivity contribution in [3.05, 3.63) is 34.0 Å². The summed E-state index contributed by atoms with van der Waals surface area (Å²) in [5.74, 6) is 0.850. The van der Waals surface area contributed by atoms with Gasteiger partial charge in [0.2, 0.25) is 5.95 Å². The number of rotatable bonds is 4. The summed E-state index contributed by atoms with van der Waals surface area (Å²) < 4.78 is 0. The van der Waals surface area contributed by atoms with Gasteiger partial charge in [0.05, 0.1) is 12.2 Å². The minimum Gasteiger partial charge on any atom is -0.337 e. The summed E-state index contributed by atoms with van der Waals surface area (Å²) in [5, 5.41) is 1.06. The quantitative estimate of drug-likeness (QED) is 0.815. The molecule has 0 aliphatic carbocycles. The van der Waals surface area contributed by atoms with Gasteiger partial charge in [-0.2, -0.15) is 0 Å².